The second-order valence-electron chi connectivity index (χ2n) is 14.7. The van der Waals surface area contributed by atoms with Gasteiger partial charge in [-0.3, -0.25) is 0 Å². The van der Waals surface area contributed by atoms with Gasteiger partial charge in [0.15, 0.2) is 0 Å². The van der Waals surface area contributed by atoms with Gasteiger partial charge in [-0.15, -0.1) is 0 Å². The summed E-state index contributed by atoms with van der Waals surface area (Å²) in [7, 11) is 0. The third kappa shape index (κ3) is 4.17. The summed E-state index contributed by atoms with van der Waals surface area (Å²) in [5.74, 6) is 0.402. The Bertz CT molecular complexity index is 2540. The van der Waals surface area contributed by atoms with Crippen molar-refractivity contribution in [2.24, 2.45) is 0 Å². The molecule has 234 valence electrons. The van der Waals surface area contributed by atoms with Crippen LogP contribution in [0, 0.1) is 0 Å². The summed E-state index contributed by atoms with van der Waals surface area (Å²) >= 11 is 0. The van der Waals surface area contributed by atoms with Crippen LogP contribution in [0.1, 0.15) is 60.4 Å². The van der Waals surface area contributed by atoms with Crippen LogP contribution in [0.2, 0.25) is 0 Å². The molecule has 0 fully saturated rings. The van der Waals surface area contributed by atoms with Gasteiger partial charge in [0.1, 0.15) is 0 Å². The topological polar surface area (TPSA) is 0 Å². The van der Waals surface area contributed by atoms with E-state index in [4.69, 9.17) is 0 Å². The number of fused-ring (bicyclic) bond motifs is 8. The maximum absolute atomic E-state index is 2.48. The fourth-order valence-electron chi connectivity index (χ4n) is 9.51. The van der Waals surface area contributed by atoms with Crippen LogP contribution in [-0.2, 0) is 11.8 Å². The quantitative estimate of drug-likeness (QED) is 0.171. The molecule has 0 spiro atoms. The Hall–Kier alpha value is -5.46. The number of hydrogen-bond acceptors (Lipinski definition) is 0. The molecule has 49 heavy (non-hydrogen) atoms. The monoisotopic (exact) mass is 626 g/mol. The summed E-state index contributed by atoms with van der Waals surface area (Å²) in [6.07, 6.45) is 3.60. The largest absolute Gasteiger partial charge is 0.0620 e. The zero-order valence-corrected chi connectivity index (χ0v) is 28.1. The van der Waals surface area contributed by atoms with Crippen molar-refractivity contribution < 1.29 is 0 Å². The van der Waals surface area contributed by atoms with Crippen LogP contribution >= 0.6 is 0 Å². The lowest BCUT2D eigenvalue weighted by Crippen LogP contribution is -2.15. The zero-order chi connectivity index (χ0) is 32.7. The normalized spacial score (nSPS) is 16.1. The molecule has 0 N–H and O–H groups in total. The Morgan fingerprint density at radius 3 is 1.73 bits per heavy atom. The van der Waals surface area contributed by atoms with Crippen LogP contribution in [0.4, 0.5) is 0 Å². The standard InChI is InChI=1S/C49H38/c1-49(2)44-25-12-11-23-42(44)48-37-18-6-5-17-35(37)43(30-45(48)49)32-26-28-33(29-27-32)46-38-19-7-9-21-40(38)47(41-22-10-8-20-39(41)46)36-24-13-15-31-14-3-4-16-34(31)36/h3-12,14,16-23,25-30,36H,13,15,24H2,1-2H3. The molecule has 0 saturated carbocycles. The van der Waals surface area contributed by atoms with Crippen molar-refractivity contribution in [1.29, 1.82) is 0 Å². The average Bonchev–Trinajstić information content (AvgIpc) is 3.39. The maximum Gasteiger partial charge on any atom is 0.0159 e. The van der Waals surface area contributed by atoms with Crippen LogP contribution in [-0.4, -0.2) is 0 Å². The van der Waals surface area contributed by atoms with Gasteiger partial charge in [-0.2, -0.15) is 0 Å². The molecule has 2 aliphatic carbocycles. The summed E-state index contributed by atoms with van der Waals surface area (Å²) in [6.45, 7) is 4.76. The summed E-state index contributed by atoms with van der Waals surface area (Å²) in [5.41, 5.74) is 15.2. The van der Waals surface area contributed by atoms with Gasteiger partial charge in [-0.05, 0) is 119 Å². The van der Waals surface area contributed by atoms with Crippen LogP contribution < -0.4 is 0 Å². The second kappa shape index (κ2) is 10.8. The first kappa shape index (κ1) is 28.5. The van der Waals surface area contributed by atoms with Crippen LogP contribution in [0.15, 0.2) is 152 Å². The third-order valence-electron chi connectivity index (χ3n) is 11.8. The van der Waals surface area contributed by atoms with E-state index in [1.165, 1.54) is 113 Å². The van der Waals surface area contributed by atoms with Crippen molar-refractivity contribution >= 4 is 32.3 Å². The van der Waals surface area contributed by atoms with Crippen LogP contribution in [0.3, 0.4) is 0 Å². The Balaban J connectivity index is 1.16. The van der Waals surface area contributed by atoms with Crippen LogP contribution in [0.5, 0.6) is 0 Å². The summed E-state index contributed by atoms with van der Waals surface area (Å²) in [5, 5.41) is 8.11. The molecule has 0 saturated heterocycles. The van der Waals surface area contributed by atoms with E-state index in [-0.39, 0.29) is 5.41 Å². The molecule has 8 aromatic carbocycles. The molecule has 0 amide bonds. The van der Waals surface area contributed by atoms with Gasteiger partial charge < -0.3 is 0 Å². The third-order valence-corrected chi connectivity index (χ3v) is 11.8. The average molecular weight is 627 g/mol. The molecule has 0 nitrogen and oxygen atoms in total. The molecule has 10 rings (SSSR count). The van der Waals surface area contributed by atoms with E-state index in [0.717, 1.165) is 0 Å². The highest BCUT2D eigenvalue weighted by atomic mass is 14.4. The SMILES string of the molecule is CC1(C)c2ccccc2-c2c1cc(-c1ccc(-c3c4ccccc4c(C4CCCc5ccccc54)c4ccccc34)cc1)c1ccccc21. The molecule has 0 heteroatoms. The molecule has 0 aromatic heterocycles. The summed E-state index contributed by atoms with van der Waals surface area (Å²) in [4.78, 5) is 0. The van der Waals surface area contributed by atoms with Crippen molar-refractivity contribution in [3.8, 4) is 33.4 Å². The Labute approximate surface area is 288 Å². The van der Waals surface area contributed by atoms with Gasteiger partial charge in [0, 0.05) is 11.3 Å². The fourth-order valence-corrected chi connectivity index (χ4v) is 9.51. The maximum atomic E-state index is 2.48. The first-order valence-electron chi connectivity index (χ1n) is 17.9. The summed E-state index contributed by atoms with van der Waals surface area (Å²) < 4.78 is 0. The molecular formula is C49H38. The minimum atomic E-state index is -0.0525. The van der Waals surface area contributed by atoms with E-state index < -0.39 is 0 Å². The first-order chi connectivity index (χ1) is 24.1. The lowest BCUT2D eigenvalue weighted by molar-refractivity contribution is 0.621. The summed E-state index contributed by atoms with van der Waals surface area (Å²) in [6, 6.07) is 57.3. The minimum absolute atomic E-state index is 0.0525. The molecule has 0 heterocycles. The number of aryl methyl sites for hydroxylation is 1. The predicted molar refractivity (Wildman–Crippen MR) is 209 cm³/mol. The number of benzene rings is 8. The van der Waals surface area contributed by atoms with E-state index in [0.29, 0.717) is 5.92 Å². The lowest BCUT2D eigenvalue weighted by atomic mass is 9.75. The molecular weight excluding hydrogens is 589 g/mol. The smallest absolute Gasteiger partial charge is 0.0159 e. The van der Waals surface area contributed by atoms with E-state index >= 15 is 0 Å². The van der Waals surface area contributed by atoms with Crippen molar-refractivity contribution in [2.75, 3.05) is 0 Å². The molecule has 2 aliphatic rings. The van der Waals surface area contributed by atoms with Crippen molar-refractivity contribution in [1.82, 2.24) is 0 Å². The van der Waals surface area contributed by atoms with E-state index in [9.17, 15) is 0 Å². The Kier molecular flexibility index (Phi) is 6.28. The van der Waals surface area contributed by atoms with E-state index in [2.05, 4.69) is 166 Å². The number of hydrogen-bond donors (Lipinski definition) is 0. The molecule has 1 unspecified atom stereocenters. The molecule has 8 aromatic rings. The second-order valence-corrected chi connectivity index (χ2v) is 14.7. The Morgan fingerprint density at radius 1 is 0.469 bits per heavy atom. The molecule has 0 bridgehead atoms. The van der Waals surface area contributed by atoms with Gasteiger partial charge in [0.2, 0.25) is 0 Å². The number of rotatable bonds is 3. The van der Waals surface area contributed by atoms with Gasteiger partial charge in [0.25, 0.3) is 0 Å². The molecule has 1 atom stereocenters. The fraction of sp³-hybridized carbons (Fsp3) is 0.143. The van der Waals surface area contributed by atoms with E-state index in [1.54, 1.807) is 0 Å². The predicted octanol–water partition coefficient (Wildman–Crippen LogP) is 13.3. The van der Waals surface area contributed by atoms with Crippen molar-refractivity contribution in [3.05, 3.63) is 179 Å². The van der Waals surface area contributed by atoms with Gasteiger partial charge >= 0.3 is 0 Å². The lowest BCUT2D eigenvalue weighted by Gasteiger charge is -2.29. The highest BCUT2D eigenvalue weighted by Gasteiger charge is 2.37. The van der Waals surface area contributed by atoms with Crippen LogP contribution in [0.25, 0.3) is 65.7 Å². The van der Waals surface area contributed by atoms with Gasteiger partial charge in [0.05, 0.1) is 0 Å². The highest BCUT2D eigenvalue weighted by molar-refractivity contribution is 6.16. The Morgan fingerprint density at radius 2 is 1.02 bits per heavy atom. The van der Waals surface area contributed by atoms with E-state index in [1.807, 2.05) is 0 Å². The zero-order valence-electron chi connectivity index (χ0n) is 28.1. The highest BCUT2D eigenvalue weighted by Crippen LogP contribution is 2.53. The molecule has 0 aliphatic heterocycles. The van der Waals surface area contributed by atoms with Gasteiger partial charge in [-0.25, -0.2) is 0 Å². The first-order valence-corrected chi connectivity index (χ1v) is 17.9. The van der Waals surface area contributed by atoms with Gasteiger partial charge in [-0.1, -0.05) is 159 Å². The van der Waals surface area contributed by atoms with Crippen molar-refractivity contribution in [3.63, 3.8) is 0 Å². The van der Waals surface area contributed by atoms with Crippen molar-refractivity contribution in [2.45, 2.75) is 44.4 Å². The minimum Gasteiger partial charge on any atom is -0.0620 e. The molecule has 0 radical (unpaired) electrons.